The minimum Gasteiger partial charge on any atom is -0.444 e. The Bertz CT molecular complexity index is 1340. The van der Waals surface area contributed by atoms with Crippen LogP contribution in [0.25, 0.3) is 0 Å². The van der Waals surface area contributed by atoms with E-state index in [0.717, 1.165) is 30.5 Å². The van der Waals surface area contributed by atoms with E-state index >= 15 is 0 Å². The Morgan fingerprint density at radius 2 is 1.51 bits per heavy atom. The third-order valence-corrected chi connectivity index (χ3v) is 8.45. The van der Waals surface area contributed by atoms with E-state index < -0.39 is 53.8 Å². The van der Waals surface area contributed by atoms with Crippen LogP contribution in [-0.2, 0) is 27.2 Å². The number of halogens is 3. The van der Waals surface area contributed by atoms with Gasteiger partial charge in [0.1, 0.15) is 17.4 Å². The molecule has 0 radical (unpaired) electrons. The predicted octanol–water partition coefficient (Wildman–Crippen LogP) is 4.98. The minimum atomic E-state index is -4.86. The maximum atomic E-state index is 14.0. The van der Waals surface area contributed by atoms with Gasteiger partial charge in [-0.1, -0.05) is 56.3 Å². The van der Waals surface area contributed by atoms with Crippen molar-refractivity contribution in [3.63, 3.8) is 0 Å². The van der Waals surface area contributed by atoms with E-state index in [1.165, 1.54) is 12.1 Å². The van der Waals surface area contributed by atoms with Crippen LogP contribution in [0, 0.1) is 11.8 Å². The van der Waals surface area contributed by atoms with E-state index in [4.69, 9.17) is 4.74 Å². The van der Waals surface area contributed by atoms with Gasteiger partial charge in [-0.3, -0.25) is 9.59 Å². The van der Waals surface area contributed by atoms with Crippen molar-refractivity contribution in [3.8, 4) is 5.75 Å². The van der Waals surface area contributed by atoms with Crippen molar-refractivity contribution in [2.75, 3.05) is 20.1 Å². The maximum absolute atomic E-state index is 14.0. The number of aliphatic hydroxyl groups is 1. The highest BCUT2D eigenvalue weighted by molar-refractivity contribution is 5.89. The Morgan fingerprint density at radius 3 is 2.04 bits per heavy atom. The number of nitrogens with one attached hydrogen (secondary N) is 3. The average molecular weight is 693 g/mol. The van der Waals surface area contributed by atoms with E-state index in [1.54, 1.807) is 25.7 Å². The van der Waals surface area contributed by atoms with Gasteiger partial charge in [0.2, 0.25) is 11.8 Å². The van der Waals surface area contributed by atoms with Gasteiger partial charge in [-0.05, 0) is 89.1 Å². The first-order valence-electron chi connectivity index (χ1n) is 16.8. The largest absolute Gasteiger partial charge is 0.573 e. The summed E-state index contributed by atoms with van der Waals surface area (Å²) in [5.74, 6) is -2.27. The van der Waals surface area contributed by atoms with Gasteiger partial charge in [-0.15, -0.1) is 13.2 Å². The molecular formula is C36H51F3N4O6. The lowest BCUT2D eigenvalue weighted by Crippen LogP contribution is -2.55. The molecule has 10 nitrogen and oxygen atoms in total. The molecule has 0 unspecified atom stereocenters. The van der Waals surface area contributed by atoms with E-state index in [-0.39, 0.29) is 31.1 Å². The summed E-state index contributed by atoms with van der Waals surface area (Å²) in [5.41, 5.74) is 0.553. The molecule has 272 valence electrons. The van der Waals surface area contributed by atoms with Crippen LogP contribution in [0.3, 0.4) is 0 Å². The number of carbonyl (C=O) groups is 3. The van der Waals surface area contributed by atoms with E-state index in [2.05, 4.69) is 20.7 Å². The van der Waals surface area contributed by atoms with Crippen molar-refractivity contribution in [1.29, 1.82) is 0 Å². The molecule has 0 saturated carbocycles. The fourth-order valence-electron chi connectivity index (χ4n) is 5.83. The van der Waals surface area contributed by atoms with Gasteiger partial charge in [0, 0.05) is 25.0 Å². The normalized spacial score (nSPS) is 16.8. The molecule has 4 N–H and O–H groups in total. The van der Waals surface area contributed by atoms with Crippen LogP contribution < -0.4 is 20.7 Å². The number of alkyl halides is 3. The van der Waals surface area contributed by atoms with Crippen LogP contribution >= 0.6 is 0 Å². The Balaban J connectivity index is 1.87. The second kappa shape index (κ2) is 17.7. The van der Waals surface area contributed by atoms with Crippen molar-refractivity contribution < 1.29 is 42.1 Å². The maximum Gasteiger partial charge on any atom is 0.573 e. The zero-order valence-electron chi connectivity index (χ0n) is 29.2. The molecule has 1 fully saturated rings. The van der Waals surface area contributed by atoms with Crippen LogP contribution in [0.4, 0.5) is 18.0 Å². The first-order valence-corrected chi connectivity index (χ1v) is 16.8. The minimum absolute atomic E-state index is 0.0340. The van der Waals surface area contributed by atoms with E-state index in [9.17, 15) is 32.7 Å². The molecule has 2 aromatic rings. The van der Waals surface area contributed by atoms with Crippen molar-refractivity contribution >= 4 is 17.9 Å². The van der Waals surface area contributed by atoms with E-state index in [0.29, 0.717) is 24.7 Å². The second-order valence-corrected chi connectivity index (χ2v) is 14.0. The average Bonchev–Trinajstić information content (AvgIpc) is 3.02. The number of piperidine rings is 1. The predicted molar refractivity (Wildman–Crippen MR) is 180 cm³/mol. The number of ether oxygens (including phenoxy) is 2. The lowest BCUT2D eigenvalue weighted by molar-refractivity contribution is -0.274. The molecule has 1 heterocycles. The van der Waals surface area contributed by atoms with Crippen molar-refractivity contribution in [3.05, 3.63) is 65.7 Å². The molecule has 13 heteroatoms. The molecule has 1 saturated heterocycles. The Hall–Kier alpha value is -3.84. The standard InChI is InChI=1S/C36H51F3N4O6/c1-23(2)31(33(46)43-18-16-27(40-6)17-19-43)42-32(45)26(20-25-12-14-28(15-13-25)48-36(37,38)39)22-30(44)29(21-24-10-8-7-9-11-24)41-34(47)49-35(3,4)5/h7-15,23,26-27,29-31,40,44H,16-22H2,1-6H3,(H,41,47)(H,42,45)/t26-,29+,30+,31+/m1/s1. The Kier molecular flexibility index (Phi) is 14.3. The molecule has 1 aliphatic heterocycles. The number of rotatable bonds is 14. The van der Waals surface area contributed by atoms with Gasteiger partial charge in [0.25, 0.3) is 0 Å². The van der Waals surface area contributed by atoms with Gasteiger partial charge in [-0.25, -0.2) is 4.79 Å². The van der Waals surface area contributed by atoms with Gasteiger partial charge < -0.3 is 35.4 Å². The summed E-state index contributed by atoms with van der Waals surface area (Å²) in [5, 5.41) is 20.5. The monoisotopic (exact) mass is 692 g/mol. The fourth-order valence-corrected chi connectivity index (χ4v) is 5.83. The first kappa shape index (κ1) is 39.6. The highest BCUT2D eigenvalue weighted by Gasteiger charge is 2.35. The molecule has 0 spiro atoms. The van der Waals surface area contributed by atoms with Gasteiger partial charge in [0.05, 0.1) is 12.1 Å². The number of carbonyl (C=O) groups excluding carboxylic acids is 3. The third kappa shape index (κ3) is 13.5. The molecule has 0 aromatic heterocycles. The van der Waals surface area contributed by atoms with Crippen LogP contribution in [-0.4, -0.2) is 84.2 Å². The highest BCUT2D eigenvalue weighted by Crippen LogP contribution is 2.25. The van der Waals surface area contributed by atoms with Crippen LogP contribution in [0.5, 0.6) is 5.75 Å². The van der Waals surface area contributed by atoms with Crippen molar-refractivity contribution in [2.24, 2.45) is 11.8 Å². The van der Waals surface area contributed by atoms with Crippen molar-refractivity contribution in [1.82, 2.24) is 20.9 Å². The number of nitrogens with zero attached hydrogens (tertiary/aromatic N) is 1. The molecule has 0 aliphatic carbocycles. The summed E-state index contributed by atoms with van der Waals surface area (Å²) in [7, 11) is 1.89. The number of benzene rings is 2. The highest BCUT2D eigenvalue weighted by atomic mass is 19.4. The summed E-state index contributed by atoms with van der Waals surface area (Å²) in [6.45, 7) is 9.94. The smallest absolute Gasteiger partial charge is 0.444 e. The molecule has 3 rings (SSSR count). The van der Waals surface area contributed by atoms with Gasteiger partial charge in [0.15, 0.2) is 0 Å². The second-order valence-electron chi connectivity index (χ2n) is 14.0. The fraction of sp³-hybridized carbons (Fsp3) is 0.583. The summed E-state index contributed by atoms with van der Waals surface area (Å²) in [4.78, 5) is 42.3. The topological polar surface area (TPSA) is 129 Å². The number of aliphatic hydroxyl groups excluding tert-OH is 1. The number of likely N-dealkylation sites (tertiary alicyclic amines) is 1. The molecule has 2 aromatic carbocycles. The lowest BCUT2D eigenvalue weighted by Gasteiger charge is -2.36. The Morgan fingerprint density at radius 1 is 0.918 bits per heavy atom. The van der Waals surface area contributed by atoms with Crippen LogP contribution in [0.15, 0.2) is 54.6 Å². The molecule has 4 atom stereocenters. The lowest BCUT2D eigenvalue weighted by atomic mass is 9.88. The number of hydrogen-bond acceptors (Lipinski definition) is 7. The molecular weight excluding hydrogens is 641 g/mol. The molecule has 1 aliphatic rings. The summed E-state index contributed by atoms with van der Waals surface area (Å²) >= 11 is 0. The third-order valence-electron chi connectivity index (χ3n) is 8.45. The Labute approximate surface area is 287 Å². The molecule has 0 bridgehead atoms. The quantitative estimate of drug-likeness (QED) is 0.220. The van der Waals surface area contributed by atoms with Crippen molar-refractivity contribution in [2.45, 2.75) is 103 Å². The summed E-state index contributed by atoms with van der Waals surface area (Å²) in [6, 6.07) is 13.0. The van der Waals surface area contributed by atoms with Crippen LogP contribution in [0.2, 0.25) is 0 Å². The number of hydrogen-bond donors (Lipinski definition) is 4. The first-order chi connectivity index (χ1) is 22.9. The zero-order valence-corrected chi connectivity index (χ0v) is 29.2. The summed E-state index contributed by atoms with van der Waals surface area (Å²) < 4.78 is 47.7. The SMILES string of the molecule is CNC1CCN(C(=O)[C@@H](NC(=O)[C@H](Cc2ccc(OC(F)(F)F)cc2)C[C@H](O)[C@H](Cc2ccccc2)NC(=O)OC(C)(C)C)C(C)C)CC1. The van der Waals surface area contributed by atoms with Crippen LogP contribution in [0.1, 0.15) is 65.0 Å². The zero-order chi connectivity index (χ0) is 36.4. The van der Waals surface area contributed by atoms with Gasteiger partial charge in [-0.2, -0.15) is 0 Å². The van der Waals surface area contributed by atoms with Gasteiger partial charge >= 0.3 is 12.5 Å². The summed E-state index contributed by atoms with van der Waals surface area (Å²) in [6.07, 6.45) is -5.13. The molecule has 49 heavy (non-hydrogen) atoms. The number of alkyl carbamates (subject to hydrolysis) is 1. The number of amides is 3. The van der Waals surface area contributed by atoms with E-state index in [1.807, 2.05) is 51.2 Å². The molecule has 3 amide bonds.